The van der Waals surface area contributed by atoms with Crippen LogP contribution in [0.1, 0.15) is 53.6 Å². The van der Waals surface area contributed by atoms with E-state index in [0.717, 1.165) is 31.6 Å². The van der Waals surface area contributed by atoms with Gasteiger partial charge >= 0.3 is 0 Å². The van der Waals surface area contributed by atoms with Gasteiger partial charge in [0.15, 0.2) is 0 Å². The second kappa shape index (κ2) is 7.22. The van der Waals surface area contributed by atoms with Crippen molar-refractivity contribution >= 4 is 17.7 Å². The molecule has 6 rings (SSSR count). The van der Waals surface area contributed by atoms with Crippen LogP contribution in [0.4, 0.5) is 0 Å². The molecule has 0 spiro atoms. The minimum absolute atomic E-state index is 0.111. The van der Waals surface area contributed by atoms with Gasteiger partial charge in [0.05, 0.1) is 0 Å². The number of nitrogens with one attached hydrogen (secondary N) is 1. The third-order valence-corrected chi connectivity index (χ3v) is 7.16. The summed E-state index contributed by atoms with van der Waals surface area (Å²) >= 11 is 0. The highest BCUT2D eigenvalue weighted by Gasteiger charge is 2.39. The molecule has 2 bridgehead atoms. The molecular formula is C22H28N4O3. The van der Waals surface area contributed by atoms with E-state index in [1.54, 1.807) is 4.90 Å². The van der Waals surface area contributed by atoms with E-state index in [9.17, 15) is 14.4 Å². The van der Waals surface area contributed by atoms with Gasteiger partial charge in [-0.15, -0.1) is 0 Å². The van der Waals surface area contributed by atoms with Crippen LogP contribution in [0.15, 0.2) is 18.2 Å². The first-order chi connectivity index (χ1) is 14.0. The smallest absolute Gasteiger partial charge is 0.255 e. The molecule has 7 heteroatoms. The average molecular weight is 396 g/mol. The maximum atomic E-state index is 12.8. The van der Waals surface area contributed by atoms with E-state index in [4.69, 9.17) is 5.73 Å². The lowest BCUT2D eigenvalue weighted by atomic mass is 9.81. The van der Waals surface area contributed by atoms with Crippen molar-refractivity contribution in [1.29, 1.82) is 0 Å². The highest BCUT2D eigenvalue weighted by molar-refractivity contribution is 6.05. The molecule has 154 valence electrons. The van der Waals surface area contributed by atoms with Gasteiger partial charge in [-0.1, -0.05) is 12.1 Å². The van der Waals surface area contributed by atoms with E-state index in [0.29, 0.717) is 36.4 Å². The molecule has 3 saturated heterocycles. The van der Waals surface area contributed by atoms with Crippen LogP contribution >= 0.6 is 0 Å². The Bertz CT molecular complexity index is 870. The van der Waals surface area contributed by atoms with Crippen LogP contribution in [-0.2, 0) is 22.7 Å². The van der Waals surface area contributed by atoms with E-state index in [1.807, 2.05) is 12.1 Å². The van der Waals surface area contributed by atoms with E-state index >= 15 is 0 Å². The summed E-state index contributed by atoms with van der Waals surface area (Å²) in [6, 6.07) is 5.83. The molecule has 0 aromatic heterocycles. The van der Waals surface area contributed by atoms with Crippen LogP contribution < -0.4 is 11.1 Å². The van der Waals surface area contributed by atoms with Crippen LogP contribution in [0.3, 0.4) is 0 Å². The molecule has 0 radical (unpaired) electrons. The summed E-state index contributed by atoms with van der Waals surface area (Å²) in [5.41, 5.74) is 9.21. The van der Waals surface area contributed by atoms with Crippen LogP contribution in [0, 0.1) is 11.8 Å². The van der Waals surface area contributed by atoms with Crippen molar-refractivity contribution in [3.05, 3.63) is 34.9 Å². The fourth-order valence-corrected chi connectivity index (χ4v) is 5.64. The summed E-state index contributed by atoms with van der Waals surface area (Å²) < 4.78 is 0. The number of carbonyl (C=O) groups is 3. The van der Waals surface area contributed by atoms with Gasteiger partial charge in [0.2, 0.25) is 11.8 Å². The number of rotatable bonds is 3. The first kappa shape index (κ1) is 18.8. The Morgan fingerprint density at radius 1 is 1.10 bits per heavy atom. The van der Waals surface area contributed by atoms with Gasteiger partial charge in [0, 0.05) is 44.2 Å². The molecule has 1 aromatic rings. The zero-order valence-corrected chi connectivity index (χ0v) is 16.6. The van der Waals surface area contributed by atoms with Gasteiger partial charge in [-0.2, -0.15) is 0 Å². The number of hydrogen-bond acceptors (Lipinski definition) is 5. The van der Waals surface area contributed by atoms with Crippen LogP contribution in [0.25, 0.3) is 0 Å². The number of amides is 3. The summed E-state index contributed by atoms with van der Waals surface area (Å²) in [5.74, 6) is 0.554. The summed E-state index contributed by atoms with van der Waals surface area (Å²) in [6.07, 6.45) is 4.34. The van der Waals surface area contributed by atoms with E-state index in [2.05, 4.69) is 16.3 Å². The minimum Gasteiger partial charge on any atom is -0.327 e. The van der Waals surface area contributed by atoms with Gasteiger partial charge in [-0.05, 0) is 54.7 Å². The zero-order valence-electron chi connectivity index (χ0n) is 16.6. The number of piperidine rings is 1. The standard InChI is InChI=1S/C22H28N4O3/c23-18-8-14-1-3-15(18)11-25(10-14)9-13-2-4-17-16(7-13)12-26(22(17)29)19-5-6-20(27)24-21(19)28/h2,4,7,14-15,18-19H,1,3,5-6,8-12,23H2,(H,24,27,28)/t14-,15-,18+,19?/m0/s1. The zero-order chi connectivity index (χ0) is 20.1. The summed E-state index contributed by atoms with van der Waals surface area (Å²) in [5, 5.41) is 2.35. The largest absolute Gasteiger partial charge is 0.327 e. The third kappa shape index (κ3) is 3.46. The van der Waals surface area contributed by atoms with Crippen molar-refractivity contribution in [2.24, 2.45) is 17.6 Å². The van der Waals surface area contributed by atoms with Crippen molar-refractivity contribution in [2.75, 3.05) is 13.1 Å². The number of carbonyl (C=O) groups excluding carboxylic acids is 3. The Hall–Kier alpha value is -2.25. The second-order valence-electron chi connectivity index (χ2n) is 9.19. The van der Waals surface area contributed by atoms with Gasteiger partial charge < -0.3 is 10.6 Å². The van der Waals surface area contributed by atoms with Gasteiger partial charge in [0.25, 0.3) is 5.91 Å². The normalized spacial score (nSPS) is 32.3. The summed E-state index contributed by atoms with van der Waals surface area (Å²) in [7, 11) is 0. The molecule has 4 aliphatic heterocycles. The lowest BCUT2D eigenvalue weighted by molar-refractivity contribution is -0.136. The number of imide groups is 1. The van der Waals surface area contributed by atoms with Crippen LogP contribution in [-0.4, -0.2) is 52.7 Å². The van der Waals surface area contributed by atoms with E-state index in [-0.39, 0.29) is 24.1 Å². The van der Waals surface area contributed by atoms with Crippen molar-refractivity contribution in [3.8, 4) is 0 Å². The van der Waals surface area contributed by atoms with Crippen molar-refractivity contribution in [3.63, 3.8) is 0 Å². The monoisotopic (exact) mass is 396 g/mol. The molecule has 1 aliphatic carbocycles. The number of fused-ring (bicyclic) bond motifs is 5. The van der Waals surface area contributed by atoms with Crippen molar-refractivity contribution in [2.45, 2.75) is 57.3 Å². The Morgan fingerprint density at radius 2 is 1.97 bits per heavy atom. The molecule has 3 amide bonds. The number of hydrogen-bond donors (Lipinski definition) is 2. The number of nitrogens with zero attached hydrogens (tertiary/aromatic N) is 2. The molecule has 29 heavy (non-hydrogen) atoms. The first-order valence-electron chi connectivity index (χ1n) is 10.7. The second-order valence-corrected chi connectivity index (χ2v) is 9.19. The SMILES string of the molecule is N[C@@H]1C[C@@H]2CC[C@H]1CN(Cc1ccc3c(c1)CN(C1CCC(=O)NC1=O)C3=O)C2. The molecule has 7 nitrogen and oxygen atoms in total. The first-order valence-corrected chi connectivity index (χ1v) is 10.7. The molecule has 4 fully saturated rings. The Balaban J connectivity index is 1.30. The highest BCUT2D eigenvalue weighted by Crippen LogP contribution is 2.34. The Labute approximate surface area is 170 Å². The molecule has 3 N–H and O–H groups in total. The lowest BCUT2D eigenvalue weighted by Gasteiger charge is -2.29. The average Bonchev–Trinajstić information content (AvgIpc) is 2.80. The van der Waals surface area contributed by atoms with Crippen molar-refractivity contribution < 1.29 is 14.4 Å². The third-order valence-electron chi connectivity index (χ3n) is 7.16. The molecule has 1 unspecified atom stereocenters. The molecule has 4 heterocycles. The van der Waals surface area contributed by atoms with Gasteiger partial charge in [0.1, 0.15) is 6.04 Å². The number of nitrogens with two attached hydrogens (primary N) is 1. The number of benzene rings is 1. The predicted molar refractivity (Wildman–Crippen MR) is 107 cm³/mol. The highest BCUT2D eigenvalue weighted by atomic mass is 16.2. The summed E-state index contributed by atoms with van der Waals surface area (Å²) in [4.78, 5) is 40.6. The molecule has 1 saturated carbocycles. The fraction of sp³-hybridized carbons (Fsp3) is 0.591. The lowest BCUT2D eigenvalue weighted by Crippen LogP contribution is -2.52. The molecule has 1 aromatic carbocycles. The van der Waals surface area contributed by atoms with Gasteiger partial charge in [-0.3, -0.25) is 24.6 Å². The van der Waals surface area contributed by atoms with Crippen LogP contribution in [0.2, 0.25) is 0 Å². The predicted octanol–water partition coefficient (Wildman–Crippen LogP) is 1.01. The maximum Gasteiger partial charge on any atom is 0.255 e. The van der Waals surface area contributed by atoms with E-state index < -0.39 is 6.04 Å². The Kier molecular flexibility index (Phi) is 4.67. The summed E-state index contributed by atoms with van der Waals surface area (Å²) in [6.45, 7) is 3.46. The topological polar surface area (TPSA) is 95.7 Å². The minimum atomic E-state index is -0.557. The van der Waals surface area contributed by atoms with Crippen LogP contribution in [0.5, 0.6) is 0 Å². The van der Waals surface area contributed by atoms with Gasteiger partial charge in [-0.25, -0.2) is 0 Å². The molecule has 5 aliphatic rings. The Morgan fingerprint density at radius 3 is 2.76 bits per heavy atom. The molecular weight excluding hydrogens is 368 g/mol. The maximum absolute atomic E-state index is 12.8. The van der Waals surface area contributed by atoms with Crippen molar-refractivity contribution in [1.82, 2.24) is 15.1 Å². The van der Waals surface area contributed by atoms with E-state index in [1.165, 1.54) is 18.4 Å². The molecule has 4 atom stereocenters. The fourth-order valence-electron chi connectivity index (χ4n) is 5.64. The quantitative estimate of drug-likeness (QED) is 0.744.